The number of aryl methyl sites for hydroxylation is 1. The first kappa shape index (κ1) is 14.7. The third-order valence-electron chi connectivity index (χ3n) is 4.40. The minimum Gasteiger partial charge on any atom is -0.384 e. The highest BCUT2D eigenvalue weighted by Crippen LogP contribution is 2.21. The molecule has 22 heavy (non-hydrogen) atoms. The minimum absolute atomic E-state index is 0.407. The van der Waals surface area contributed by atoms with Gasteiger partial charge in [0.1, 0.15) is 0 Å². The number of hydrogen-bond acceptors (Lipinski definition) is 1. The summed E-state index contributed by atoms with van der Waals surface area (Å²) in [5, 5.41) is 7.04. The number of nitrogens with zero attached hydrogens (tertiary/aromatic N) is 1. The molecule has 2 heterocycles. The summed E-state index contributed by atoms with van der Waals surface area (Å²) in [6, 6.07) is 7.11. The molecule has 0 aliphatic carbocycles. The molecule has 1 aliphatic rings. The number of unbranched alkanes of at least 4 members (excludes halogenated alkanes) is 1. The summed E-state index contributed by atoms with van der Waals surface area (Å²) in [5.41, 5.74) is 3.72. The third-order valence-corrected chi connectivity index (χ3v) is 4.40. The van der Waals surface area contributed by atoms with E-state index in [-0.39, 0.29) is 0 Å². The molecule has 1 unspecified atom stereocenters. The highest BCUT2D eigenvalue weighted by molar-refractivity contribution is 5.87. The van der Waals surface area contributed by atoms with E-state index in [1.165, 1.54) is 27.3 Å². The Kier molecular flexibility index (Phi) is 3.93. The number of benzene rings is 1. The summed E-state index contributed by atoms with van der Waals surface area (Å²) >= 11 is 0. The van der Waals surface area contributed by atoms with Crippen molar-refractivity contribution in [3.63, 3.8) is 0 Å². The highest BCUT2D eigenvalue weighted by Gasteiger charge is 2.08. The average molecular weight is 292 g/mol. The van der Waals surface area contributed by atoms with Crippen LogP contribution in [-0.2, 0) is 7.05 Å². The lowest BCUT2D eigenvalue weighted by Crippen LogP contribution is -2.25. The second kappa shape index (κ2) is 5.88. The van der Waals surface area contributed by atoms with Gasteiger partial charge >= 0.3 is 0 Å². The lowest BCUT2D eigenvalue weighted by Gasteiger charge is -2.14. The van der Waals surface area contributed by atoms with Crippen molar-refractivity contribution < 1.29 is 0 Å². The molecular formula is C20H24N2. The van der Waals surface area contributed by atoms with E-state index < -0.39 is 0 Å². The van der Waals surface area contributed by atoms with Crippen LogP contribution in [0.5, 0.6) is 0 Å². The van der Waals surface area contributed by atoms with Crippen LogP contribution in [0, 0.1) is 0 Å². The molecule has 0 fully saturated rings. The summed E-state index contributed by atoms with van der Waals surface area (Å²) in [6.45, 7) is 8.61. The zero-order chi connectivity index (χ0) is 15.7. The van der Waals surface area contributed by atoms with Crippen molar-refractivity contribution in [1.29, 1.82) is 0 Å². The monoisotopic (exact) mass is 292 g/mol. The fourth-order valence-corrected chi connectivity index (χ4v) is 2.97. The Balaban J connectivity index is 2.14. The van der Waals surface area contributed by atoms with Crippen molar-refractivity contribution in [2.75, 3.05) is 0 Å². The summed E-state index contributed by atoms with van der Waals surface area (Å²) in [7, 11) is 2.10. The quantitative estimate of drug-likeness (QED) is 0.920. The Morgan fingerprint density at radius 3 is 2.86 bits per heavy atom. The Bertz CT molecular complexity index is 865. The number of rotatable bonds is 3. The molecule has 0 spiro atoms. The lowest BCUT2D eigenvalue weighted by atomic mass is 10.0. The van der Waals surface area contributed by atoms with Gasteiger partial charge in [0.25, 0.3) is 0 Å². The largest absolute Gasteiger partial charge is 0.384 e. The fourth-order valence-electron chi connectivity index (χ4n) is 2.97. The number of dihydropyridines is 1. The molecule has 0 amide bonds. The molecule has 1 aromatic carbocycles. The number of nitrogens with one attached hydrogen (secondary N) is 1. The average Bonchev–Trinajstić information content (AvgIpc) is 2.77. The van der Waals surface area contributed by atoms with Gasteiger partial charge in [-0.1, -0.05) is 50.3 Å². The lowest BCUT2D eigenvalue weighted by molar-refractivity contribution is 0.764. The van der Waals surface area contributed by atoms with Gasteiger partial charge in [-0.25, -0.2) is 0 Å². The standard InChI is InChI=1S/C20H24N2/c1-5-6-7-18-15(3)22(4)20-12-16(10-11-19(18)20)17-9-8-14(2)21-13-17/h7-14,21H,3,5-6H2,1-2,4H3/b18-7+. The molecule has 114 valence electrons. The van der Waals surface area contributed by atoms with E-state index in [0.717, 1.165) is 18.2 Å². The van der Waals surface area contributed by atoms with Gasteiger partial charge in [-0.15, -0.1) is 0 Å². The summed E-state index contributed by atoms with van der Waals surface area (Å²) in [5.74, 6) is 0. The van der Waals surface area contributed by atoms with Gasteiger partial charge in [-0.3, -0.25) is 0 Å². The van der Waals surface area contributed by atoms with E-state index in [4.69, 9.17) is 0 Å². The zero-order valence-corrected chi connectivity index (χ0v) is 13.7. The number of fused-ring (bicyclic) bond motifs is 1. The number of allylic oxidation sites excluding steroid dienone is 2. The molecule has 0 saturated carbocycles. The van der Waals surface area contributed by atoms with Crippen LogP contribution >= 0.6 is 0 Å². The van der Waals surface area contributed by atoms with Gasteiger partial charge in [0, 0.05) is 40.8 Å². The van der Waals surface area contributed by atoms with Crippen LogP contribution < -0.4 is 15.9 Å². The van der Waals surface area contributed by atoms with Crippen molar-refractivity contribution in [3.8, 4) is 0 Å². The fraction of sp³-hybridized carbons (Fsp3) is 0.300. The number of aromatic nitrogens is 1. The molecule has 1 atom stereocenters. The molecule has 1 aromatic heterocycles. The van der Waals surface area contributed by atoms with Gasteiger partial charge in [0.05, 0.1) is 0 Å². The highest BCUT2D eigenvalue weighted by atomic mass is 14.9. The van der Waals surface area contributed by atoms with E-state index in [1.54, 1.807) is 0 Å². The summed E-state index contributed by atoms with van der Waals surface area (Å²) in [4.78, 5) is 0. The zero-order valence-electron chi connectivity index (χ0n) is 13.7. The molecule has 0 bridgehead atoms. The van der Waals surface area contributed by atoms with Gasteiger partial charge in [0.2, 0.25) is 0 Å². The maximum atomic E-state index is 4.25. The van der Waals surface area contributed by atoms with E-state index in [9.17, 15) is 0 Å². The van der Waals surface area contributed by atoms with Crippen molar-refractivity contribution >= 4 is 29.1 Å². The topological polar surface area (TPSA) is 17.0 Å². The van der Waals surface area contributed by atoms with E-state index in [0.29, 0.717) is 6.04 Å². The molecule has 3 rings (SSSR count). The first-order valence-corrected chi connectivity index (χ1v) is 8.04. The van der Waals surface area contributed by atoms with E-state index >= 15 is 0 Å². The predicted molar refractivity (Wildman–Crippen MR) is 96.8 cm³/mol. The molecule has 2 aromatic rings. The Morgan fingerprint density at radius 1 is 1.36 bits per heavy atom. The van der Waals surface area contributed by atoms with Crippen LogP contribution in [-0.4, -0.2) is 10.6 Å². The van der Waals surface area contributed by atoms with Crippen molar-refractivity contribution in [3.05, 3.63) is 52.7 Å². The minimum atomic E-state index is 0.407. The summed E-state index contributed by atoms with van der Waals surface area (Å²) < 4.78 is 2.20. The third kappa shape index (κ3) is 2.50. The first-order valence-electron chi connectivity index (χ1n) is 8.04. The molecule has 0 saturated heterocycles. The summed E-state index contributed by atoms with van der Waals surface area (Å²) in [6.07, 6.45) is 11.1. The molecule has 1 N–H and O–H groups in total. The number of hydrogen-bond donors (Lipinski definition) is 1. The maximum Gasteiger partial charge on any atom is 0.0494 e. The Hall–Kier alpha value is -2.22. The molecule has 0 radical (unpaired) electrons. The predicted octanol–water partition coefficient (Wildman–Crippen LogP) is 3.06. The van der Waals surface area contributed by atoms with Crippen LogP contribution in [0.4, 0.5) is 0 Å². The van der Waals surface area contributed by atoms with Crippen LogP contribution in [0.1, 0.15) is 32.3 Å². The molecular weight excluding hydrogens is 268 g/mol. The van der Waals surface area contributed by atoms with Gasteiger partial charge in [-0.2, -0.15) is 0 Å². The van der Waals surface area contributed by atoms with E-state index in [1.807, 2.05) is 0 Å². The van der Waals surface area contributed by atoms with Crippen molar-refractivity contribution in [1.82, 2.24) is 9.88 Å². The van der Waals surface area contributed by atoms with Crippen LogP contribution in [0.2, 0.25) is 0 Å². The smallest absolute Gasteiger partial charge is 0.0494 e. The van der Waals surface area contributed by atoms with Gasteiger partial charge < -0.3 is 9.88 Å². The van der Waals surface area contributed by atoms with Gasteiger partial charge in [-0.05, 0) is 30.5 Å². The SMILES string of the molecule is C=c1/c(=C\CCC)c2ccc(C3=CNC(C)C=C3)cc2n1C. The molecule has 2 heteroatoms. The van der Waals surface area contributed by atoms with Crippen molar-refractivity contribution in [2.24, 2.45) is 7.05 Å². The van der Waals surface area contributed by atoms with E-state index in [2.05, 4.69) is 80.0 Å². The normalized spacial score (nSPS) is 18.6. The molecule has 2 nitrogen and oxygen atoms in total. The van der Waals surface area contributed by atoms with Crippen molar-refractivity contribution in [2.45, 2.75) is 32.7 Å². The van der Waals surface area contributed by atoms with Crippen LogP contribution in [0.3, 0.4) is 0 Å². The second-order valence-corrected chi connectivity index (χ2v) is 6.06. The van der Waals surface area contributed by atoms with Crippen LogP contribution in [0.15, 0.2) is 36.6 Å². The second-order valence-electron chi connectivity index (χ2n) is 6.06. The van der Waals surface area contributed by atoms with Crippen LogP contribution in [0.25, 0.3) is 29.1 Å². The Labute approximate surface area is 132 Å². The van der Waals surface area contributed by atoms with Gasteiger partial charge in [0.15, 0.2) is 0 Å². The molecule has 1 aliphatic heterocycles. The first-order chi connectivity index (χ1) is 10.6. The maximum absolute atomic E-state index is 4.25. The Morgan fingerprint density at radius 2 is 2.18 bits per heavy atom.